The summed E-state index contributed by atoms with van der Waals surface area (Å²) < 4.78 is 5.61. The van der Waals surface area contributed by atoms with Crippen LogP contribution < -0.4 is 10.1 Å². The minimum Gasteiger partial charge on any atom is -0.490 e. The highest BCUT2D eigenvalue weighted by molar-refractivity contribution is 5.51. The first-order valence-electron chi connectivity index (χ1n) is 6.12. The van der Waals surface area contributed by atoms with Gasteiger partial charge >= 0.3 is 0 Å². The second-order valence-electron chi connectivity index (χ2n) is 4.40. The molecule has 0 saturated heterocycles. The summed E-state index contributed by atoms with van der Waals surface area (Å²) in [5.41, 5.74) is -0.362. The van der Waals surface area contributed by atoms with Gasteiger partial charge in [0.25, 0.3) is 0 Å². The van der Waals surface area contributed by atoms with Crippen molar-refractivity contribution in [3.05, 3.63) is 18.3 Å². The predicted molar refractivity (Wildman–Crippen MR) is 69.4 cm³/mol. The molecule has 0 saturated carbocycles. The molecule has 2 N–H and O–H groups in total. The molecule has 0 spiro atoms. The van der Waals surface area contributed by atoms with E-state index in [9.17, 15) is 5.11 Å². The van der Waals surface area contributed by atoms with Gasteiger partial charge < -0.3 is 15.2 Å². The molecule has 1 aromatic rings. The first kappa shape index (κ1) is 13.8. The molecule has 96 valence electrons. The summed E-state index contributed by atoms with van der Waals surface area (Å²) in [6, 6.07) is 3.73. The Morgan fingerprint density at radius 2 is 2.24 bits per heavy atom. The topological polar surface area (TPSA) is 54.4 Å². The van der Waals surface area contributed by atoms with E-state index in [1.165, 1.54) is 0 Å². The highest BCUT2D eigenvalue weighted by Gasteiger charge is 2.22. The standard InChI is InChI=1S/C13H22N2O2/c1-4-9-17-11-7-6-8-14-12(11)15-13(3,5-2)10-16/h6-8,16H,4-5,9-10H2,1-3H3,(H,14,15). The summed E-state index contributed by atoms with van der Waals surface area (Å²) in [5, 5.41) is 12.6. The van der Waals surface area contributed by atoms with Gasteiger partial charge in [-0.15, -0.1) is 0 Å². The molecule has 17 heavy (non-hydrogen) atoms. The van der Waals surface area contributed by atoms with Crippen molar-refractivity contribution in [1.29, 1.82) is 0 Å². The highest BCUT2D eigenvalue weighted by Crippen LogP contribution is 2.25. The van der Waals surface area contributed by atoms with Crippen molar-refractivity contribution in [2.75, 3.05) is 18.5 Å². The third-order valence-electron chi connectivity index (χ3n) is 2.78. The lowest BCUT2D eigenvalue weighted by Gasteiger charge is -2.28. The number of pyridine rings is 1. The van der Waals surface area contributed by atoms with Crippen molar-refractivity contribution < 1.29 is 9.84 Å². The average Bonchev–Trinajstić information content (AvgIpc) is 2.37. The number of nitrogens with one attached hydrogen (secondary N) is 1. The Morgan fingerprint density at radius 3 is 2.82 bits per heavy atom. The van der Waals surface area contributed by atoms with Crippen molar-refractivity contribution in [3.63, 3.8) is 0 Å². The SMILES string of the molecule is CCCOc1cccnc1NC(C)(CC)CO. The Bertz CT molecular complexity index is 338. The zero-order valence-electron chi connectivity index (χ0n) is 10.9. The molecule has 0 bridgehead atoms. The third kappa shape index (κ3) is 3.89. The van der Waals surface area contributed by atoms with E-state index < -0.39 is 0 Å². The second kappa shape index (κ2) is 6.45. The van der Waals surface area contributed by atoms with E-state index >= 15 is 0 Å². The van der Waals surface area contributed by atoms with Crippen LogP contribution in [0.15, 0.2) is 18.3 Å². The number of aliphatic hydroxyl groups excluding tert-OH is 1. The lowest BCUT2D eigenvalue weighted by molar-refractivity contribution is 0.218. The predicted octanol–water partition coefficient (Wildman–Crippen LogP) is 2.44. The van der Waals surface area contributed by atoms with Crippen LogP contribution in [0.3, 0.4) is 0 Å². The summed E-state index contributed by atoms with van der Waals surface area (Å²) in [6.45, 7) is 6.78. The van der Waals surface area contributed by atoms with Gasteiger partial charge in [-0.2, -0.15) is 0 Å². The first-order valence-corrected chi connectivity index (χ1v) is 6.12. The van der Waals surface area contributed by atoms with Gasteiger partial charge in [-0.1, -0.05) is 13.8 Å². The van der Waals surface area contributed by atoms with Crippen LogP contribution >= 0.6 is 0 Å². The maximum atomic E-state index is 9.38. The van der Waals surface area contributed by atoms with E-state index in [1.54, 1.807) is 6.20 Å². The lowest BCUT2D eigenvalue weighted by atomic mass is 10.0. The lowest BCUT2D eigenvalue weighted by Crippen LogP contribution is -2.38. The largest absolute Gasteiger partial charge is 0.490 e. The van der Waals surface area contributed by atoms with E-state index in [0.29, 0.717) is 12.4 Å². The van der Waals surface area contributed by atoms with Gasteiger partial charge in [-0.3, -0.25) is 0 Å². The number of hydrogen-bond acceptors (Lipinski definition) is 4. The molecular weight excluding hydrogens is 216 g/mol. The highest BCUT2D eigenvalue weighted by atomic mass is 16.5. The summed E-state index contributed by atoms with van der Waals surface area (Å²) in [7, 11) is 0. The monoisotopic (exact) mass is 238 g/mol. The van der Waals surface area contributed by atoms with Crippen molar-refractivity contribution >= 4 is 5.82 Å². The van der Waals surface area contributed by atoms with E-state index in [2.05, 4.69) is 17.2 Å². The van der Waals surface area contributed by atoms with E-state index in [4.69, 9.17) is 4.74 Å². The summed E-state index contributed by atoms with van der Waals surface area (Å²) in [5.74, 6) is 1.43. The van der Waals surface area contributed by atoms with Crippen molar-refractivity contribution in [1.82, 2.24) is 4.98 Å². The van der Waals surface area contributed by atoms with Gasteiger partial charge in [0.15, 0.2) is 11.6 Å². The Morgan fingerprint density at radius 1 is 1.47 bits per heavy atom. The normalized spacial score (nSPS) is 14.1. The molecule has 1 rings (SSSR count). The fraction of sp³-hybridized carbons (Fsp3) is 0.615. The van der Waals surface area contributed by atoms with Gasteiger partial charge in [-0.05, 0) is 31.9 Å². The summed E-state index contributed by atoms with van der Waals surface area (Å²) in [4.78, 5) is 4.27. The summed E-state index contributed by atoms with van der Waals surface area (Å²) in [6.07, 6.45) is 3.49. The first-order chi connectivity index (χ1) is 8.15. The van der Waals surface area contributed by atoms with E-state index in [0.717, 1.165) is 18.6 Å². The van der Waals surface area contributed by atoms with Gasteiger partial charge in [0.05, 0.1) is 18.8 Å². The molecule has 1 heterocycles. The van der Waals surface area contributed by atoms with E-state index in [1.807, 2.05) is 26.0 Å². The number of aromatic nitrogens is 1. The van der Waals surface area contributed by atoms with Gasteiger partial charge in [-0.25, -0.2) is 4.98 Å². The van der Waals surface area contributed by atoms with Crippen molar-refractivity contribution in [2.45, 2.75) is 39.2 Å². The molecular formula is C13H22N2O2. The molecule has 4 heteroatoms. The van der Waals surface area contributed by atoms with Gasteiger partial charge in [0, 0.05) is 6.20 Å². The molecule has 1 atom stereocenters. The summed E-state index contributed by atoms with van der Waals surface area (Å²) >= 11 is 0. The number of nitrogens with zero attached hydrogens (tertiary/aromatic N) is 1. The fourth-order valence-corrected chi connectivity index (χ4v) is 1.34. The smallest absolute Gasteiger partial charge is 0.169 e. The Balaban J connectivity index is 2.82. The molecule has 0 aromatic carbocycles. The van der Waals surface area contributed by atoms with Crippen LogP contribution in [0.2, 0.25) is 0 Å². The van der Waals surface area contributed by atoms with Crippen molar-refractivity contribution in [3.8, 4) is 5.75 Å². The van der Waals surface area contributed by atoms with Crippen molar-refractivity contribution in [2.24, 2.45) is 0 Å². The van der Waals surface area contributed by atoms with Crippen LogP contribution in [0.25, 0.3) is 0 Å². The molecule has 1 aromatic heterocycles. The molecule has 1 unspecified atom stereocenters. The molecule has 0 aliphatic rings. The average molecular weight is 238 g/mol. The van der Waals surface area contributed by atoms with Gasteiger partial charge in [0.1, 0.15) is 0 Å². The number of anilines is 1. The molecule has 0 radical (unpaired) electrons. The van der Waals surface area contributed by atoms with Crippen LogP contribution in [0, 0.1) is 0 Å². The number of hydrogen-bond donors (Lipinski definition) is 2. The molecule has 0 amide bonds. The quantitative estimate of drug-likeness (QED) is 0.766. The maximum Gasteiger partial charge on any atom is 0.169 e. The van der Waals surface area contributed by atoms with E-state index in [-0.39, 0.29) is 12.1 Å². The Kier molecular flexibility index (Phi) is 5.22. The molecule has 0 fully saturated rings. The van der Waals surface area contributed by atoms with Gasteiger partial charge in [0.2, 0.25) is 0 Å². The molecule has 4 nitrogen and oxygen atoms in total. The zero-order chi connectivity index (χ0) is 12.7. The zero-order valence-corrected chi connectivity index (χ0v) is 10.9. The Labute approximate surface area is 103 Å². The van der Waals surface area contributed by atoms with Crippen LogP contribution in [-0.4, -0.2) is 28.8 Å². The number of rotatable bonds is 7. The Hall–Kier alpha value is -1.29. The molecule has 0 aliphatic heterocycles. The minimum atomic E-state index is -0.362. The number of ether oxygens (including phenoxy) is 1. The number of aliphatic hydroxyl groups is 1. The fourth-order valence-electron chi connectivity index (χ4n) is 1.34. The third-order valence-corrected chi connectivity index (χ3v) is 2.78. The minimum absolute atomic E-state index is 0.0628. The van der Waals surface area contributed by atoms with Crippen LogP contribution in [-0.2, 0) is 0 Å². The maximum absolute atomic E-state index is 9.38. The van der Waals surface area contributed by atoms with Crippen LogP contribution in [0.1, 0.15) is 33.6 Å². The van der Waals surface area contributed by atoms with Crippen LogP contribution in [0.4, 0.5) is 5.82 Å². The molecule has 0 aliphatic carbocycles. The van der Waals surface area contributed by atoms with Crippen LogP contribution in [0.5, 0.6) is 5.75 Å². The second-order valence-corrected chi connectivity index (χ2v) is 4.40.